The van der Waals surface area contributed by atoms with Gasteiger partial charge >= 0.3 is 193 Å². The number of Topliss-reactive ketones (excluding diaryl/α,β-unsaturated/α-hetero) is 1. The molecule has 0 aliphatic rings. The number of benzene rings is 2. The summed E-state index contributed by atoms with van der Waals surface area (Å²) < 4.78 is 1.68. The first-order chi connectivity index (χ1) is 14.3. The van der Waals surface area contributed by atoms with E-state index >= 15 is 0 Å². The van der Waals surface area contributed by atoms with Crippen molar-refractivity contribution in [1.82, 2.24) is 9.80 Å². The van der Waals surface area contributed by atoms with Crippen molar-refractivity contribution in [2.75, 3.05) is 34.2 Å². The van der Waals surface area contributed by atoms with Crippen molar-refractivity contribution >= 4 is 46.0 Å². The molecule has 0 saturated heterocycles. The maximum absolute atomic E-state index is 12.9. The zero-order valence-corrected chi connectivity index (χ0v) is 20.6. The second-order valence-electron chi connectivity index (χ2n) is 6.57. The monoisotopic (exact) mass is 536 g/mol. The van der Waals surface area contributed by atoms with Crippen molar-refractivity contribution in [3.8, 4) is 0 Å². The van der Waals surface area contributed by atoms with E-state index in [0.717, 1.165) is 20.2 Å². The number of carbonyl (C=O) groups is 1. The van der Waals surface area contributed by atoms with Crippen LogP contribution in [0.3, 0.4) is 0 Å². The van der Waals surface area contributed by atoms with Gasteiger partial charge in [-0.2, -0.15) is 0 Å². The third-order valence-electron chi connectivity index (χ3n) is 4.24. The van der Waals surface area contributed by atoms with Gasteiger partial charge in [-0.15, -0.1) is 0 Å². The quantitative estimate of drug-likeness (QED) is 0.219. The fraction of sp³-hybridized carbons (Fsp3) is 0.227. The zero-order chi connectivity index (χ0) is 22.1. The van der Waals surface area contributed by atoms with Gasteiger partial charge in [0.05, 0.1) is 0 Å². The Morgan fingerprint density at radius 2 is 1.30 bits per heavy atom. The summed E-state index contributed by atoms with van der Waals surface area (Å²) in [6, 6.07) is 19.5. The first-order valence-electron chi connectivity index (χ1n) is 9.21. The van der Waals surface area contributed by atoms with Gasteiger partial charge in [-0.05, 0) is 0 Å². The molecule has 2 aromatic rings. The number of rotatable bonds is 10. The third-order valence-corrected chi connectivity index (χ3v) is 6.54. The summed E-state index contributed by atoms with van der Waals surface area (Å²) in [5, 5.41) is 18.3. The Hall–Kier alpha value is -2.37. The molecule has 0 amide bonds. The maximum atomic E-state index is 12.9. The normalized spacial score (nSPS) is 11.7. The van der Waals surface area contributed by atoms with Crippen LogP contribution in [0.25, 0.3) is 0 Å². The van der Waals surface area contributed by atoms with E-state index in [9.17, 15) is 9.90 Å². The Kier molecular flexibility index (Phi) is 9.34. The molecule has 8 heteroatoms. The average Bonchev–Trinajstić information content (AvgIpc) is 2.77. The molecule has 0 atom stereocenters. The van der Waals surface area contributed by atoms with Crippen molar-refractivity contribution < 1.29 is 9.90 Å². The van der Waals surface area contributed by atoms with Crippen molar-refractivity contribution in [3.05, 3.63) is 83.2 Å². The zero-order valence-electron chi connectivity index (χ0n) is 17.1. The number of hydrogen-bond donors (Lipinski definition) is 1. The molecule has 0 unspecified atom stereocenters. The van der Waals surface area contributed by atoms with Gasteiger partial charge in [0.2, 0.25) is 0 Å². The molecule has 1 N–H and O–H groups in total. The Morgan fingerprint density at radius 3 is 1.73 bits per heavy atom. The Balaban J connectivity index is 2.13. The van der Waals surface area contributed by atoms with Gasteiger partial charge in [0.15, 0.2) is 0 Å². The van der Waals surface area contributed by atoms with E-state index in [4.69, 9.17) is 0 Å². The van der Waals surface area contributed by atoms with Crippen LogP contribution in [0.5, 0.6) is 0 Å². The molecule has 0 aliphatic carbocycles. The Labute approximate surface area is 193 Å². The van der Waals surface area contributed by atoms with E-state index in [0.29, 0.717) is 0 Å². The van der Waals surface area contributed by atoms with Gasteiger partial charge < -0.3 is 0 Å². The van der Waals surface area contributed by atoms with Crippen molar-refractivity contribution in [3.63, 3.8) is 0 Å². The second kappa shape index (κ2) is 11.7. The molecule has 156 valence electrons. The average molecular weight is 534 g/mol. The van der Waals surface area contributed by atoms with Crippen LogP contribution >= 0.6 is 0 Å². The summed E-state index contributed by atoms with van der Waals surface area (Å²) in [6.07, 6.45) is 0. The molecule has 0 spiro atoms. The SMILES string of the molecule is CN=NC(C(=O)CN(C)C(=[Se])c1ccccc1)=C(O)CN(C)C(=[Se])c1ccccc1. The molecule has 0 bridgehead atoms. The van der Waals surface area contributed by atoms with Crippen LogP contribution < -0.4 is 0 Å². The fourth-order valence-corrected chi connectivity index (χ4v) is 3.55. The Bertz CT molecular complexity index is 960. The van der Waals surface area contributed by atoms with E-state index in [1.54, 1.807) is 4.90 Å². The molecule has 0 saturated carbocycles. The molecule has 2 rings (SSSR count). The van der Waals surface area contributed by atoms with Crippen LogP contribution in [0.15, 0.2) is 82.3 Å². The summed E-state index contributed by atoms with van der Waals surface area (Å²) >= 11 is 6.02. The van der Waals surface area contributed by atoms with Crippen LogP contribution in [0.2, 0.25) is 0 Å². The topological polar surface area (TPSA) is 68.5 Å². The molecule has 2 aromatic carbocycles. The number of ketones is 1. The van der Waals surface area contributed by atoms with Crippen LogP contribution in [0, 0.1) is 0 Å². The number of likely N-dealkylation sites (N-methyl/N-ethyl adjacent to an activating group) is 2. The van der Waals surface area contributed by atoms with Gasteiger partial charge in [-0.25, -0.2) is 0 Å². The summed E-state index contributed by atoms with van der Waals surface area (Å²) in [7, 11) is 5.11. The van der Waals surface area contributed by atoms with Crippen LogP contribution in [0.4, 0.5) is 0 Å². The molecular formula is C22H24N4O2Se2. The number of carbonyl (C=O) groups excluding carboxylic acids is 1. The Morgan fingerprint density at radius 1 is 0.867 bits per heavy atom. The second-order valence-corrected chi connectivity index (χ2v) is 8.20. The van der Waals surface area contributed by atoms with E-state index in [-0.39, 0.29) is 30.3 Å². The first kappa shape index (κ1) is 23.9. The van der Waals surface area contributed by atoms with E-state index < -0.39 is 0 Å². The van der Waals surface area contributed by atoms with E-state index in [2.05, 4.69) is 41.4 Å². The number of aliphatic hydroxyl groups is 1. The summed E-state index contributed by atoms with van der Waals surface area (Å²) in [5.41, 5.74) is 1.92. The number of nitrogens with zero attached hydrogens (tertiary/aromatic N) is 4. The van der Waals surface area contributed by atoms with Gasteiger partial charge in [0.25, 0.3) is 0 Å². The molecule has 0 aromatic heterocycles. The summed E-state index contributed by atoms with van der Waals surface area (Å²) in [4.78, 5) is 16.5. The van der Waals surface area contributed by atoms with E-state index in [1.807, 2.05) is 79.7 Å². The molecule has 0 aliphatic heterocycles. The number of aliphatic hydroxyl groups excluding tert-OH is 1. The number of hydrogen-bond acceptors (Lipinski definition) is 6. The molecule has 0 heterocycles. The van der Waals surface area contributed by atoms with Gasteiger partial charge in [0.1, 0.15) is 0 Å². The van der Waals surface area contributed by atoms with Crippen LogP contribution in [-0.2, 0) is 4.79 Å². The summed E-state index contributed by atoms with van der Waals surface area (Å²) in [5.74, 6) is -0.453. The molecule has 0 fully saturated rings. The minimum absolute atomic E-state index is 0.0436. The third kappa shape index (κ3) is 6.57. The predicted octanol–water partition coefficient (Wildman–Crippen LogP) is 1.96. The van der Waals surface area contributed by atoms with E-state index in [1.165, 1.54) is 7.05 Å². The van der Waals surface area contributed by atoms with Crippen molar-refractivity contribution in [2.24, 2.45) is 10.2 Å². The van der Waals surface area contributed by atoms with Crippen molar-refractivity contribution in [1.29, 1.82) is 0 Å². The minimum atomic E-state index is -0.320. The molecule has 30 heavy (non-hydrogen) atoms. The van der Waals surface area contributed by atoms with Gasteiger partial charge in [0, 0.05) is 0 Å². The molecular weight excluding hydrogens is 510 g/mol. The molecule has 0 radical (unpaired) electrons. The van der Waals surface area contributed by atoms with Gasteiger partial charge in [-0.3, -0.25) is 0 Å². The van der Waals surface area contributed by atoms with Crippen molar-refractivity contribution in [2.45, 2.75) is 0 Å². The number of azo groups is 1. The predicted molar refractivity (Wildman–Crippen MR) is 123 cm³/mol. The summed E-state index contributed by atoms with van der Waals surface area (Å²) in [6.45, 7) is 0.168. The molecule has 6 nitrogen and oxygen atoms in total. The standard InChI is InChI=1S/C22H24N4O2Se2/c1-23-24-20(18(27)14-25(2)21(29)16-10-6-4-7-11-16)19(28)15-26(3)22(30)17-12-8-5-9-13-17/h4-13,27H,14-15H2,1-3H3. The first-order valence-corrected chi connectivity index (χ1v) is 10.9. The van der Waals surface area contributed by atoms with Crippen LogP contribution in [0.1, 0.15) is 11.1 Å². The van der Waals surface area contributed by atoms with Gasteiger partial charge in [-0.1, -0.05) is 0 Å². The van der Waals surface area contributed by atoms with Crippen LogP contribution in [-0.4, -0.2) is 95.2 Å². The fourth-order valence-electron chi connectivity index (χ4n) is 2.71.